The van der Waals surface area contributed by atoms with Gasteiger partial charge < -0.3 is 19.5 Å². The van der Waals surface area contributed by atoms with Gasteiger partial charge >= 0.3 is 12.1 Å². The Morgan fingerprint density at radius 1 is 1.13 bits per heavy atom. The van der Waals surface area contributed by atoms with Gasteiger partial charge in [0.2, 0.25) is 0 Å². The molecule has 0 bridgehead atoms. The standard InChI is InChI=1S/C24H28ClNO5/c1-24(2,3)31-22(27)15-19(11-10-18-14-20(29-4)12-13-21(18)25)26-23(28)30-16-17-8-6-5-7-9-17/h5-14,19H,15-16H2,1-4H3,(H,26,28)/b11-10-/t19-/m0/s1. The van der Waals surface area contributed by atoms with Gasteiger partial charge in [0.15, 0.2) is 0 Å². The summed E-state index contributed by atoms with van der Waals surface area (Å²) in [6.07, 6.45) is 2.69. The molecular formula is C24H28ClNO5. The number of halogens is 1. The molecule has 6 nitrogen and oxygen atoms in total. The molecule has 1 N–H and O–H groups in total. The summed E-state index contributed by atoms with van der Waals surface area (Å²) in [5, 5.41) is 3.21. The minimum atomic E-state index is -0.652. The number of benzene rings is 2. The Labute approximate surface area is 188 Å². The molecule has 0 spiro atoms. The Balaban J connectivity index is 2.10. The van der Waals surface area contributed by atoms with Gasteiger partial charge in [-0.1, -0.05) is 54.1 Å². The number of nitrogens with one attached hydrogen (secondary N) is 1. The number of carbonyl (C=O) groups is 2. The largest absolute Gasteiger partial charge is 0.497 e. The molecule has 0 aliphatic heterocycles. The van der Waals surface area contributed by atoms with E-state index in [0.29, 0.717) is 16.3 Å². The summed E-state index contributed by atoms with van der Waals surface area (Å²) in [4.78, 5) is 24.6. The van der Waals surface area contributed by atoms with Gasteiger partial charge in [-0.3, -0.25) is 4.79 Å². The number of methoxy groups -OCH3 is 1. The van der Waals surface area contributed by atoms with Crippen LogP contribution in [0, 0.1) is 0 Å². The van der Waals surface area contributed by atoms with Crippen LogP contribution < -0.4 is 10.1 Å². The fraction of sp³-hybridized carbons (Fsp3) is 0.333. The lowest BCUT2D eigenvalue weighted by Crippen LogP contribution is -2.37. The van der Waals surface area contributed by atoms with Crippen molar-refractivity contribution in [3.05, 3.63) is 70.8 Å². The van der Waals surface area contributed by atoms with Crippen molar-refractivity contribution in [3.8, 4) is 5.75 Å². The highest BCUT2D eigenvalue weighted by atomic mass is 35.5. The van der Waals surface area contributed by atoms with Crippen molar-refractivity contribution in [2.24, 2.45) is 0 Å². The minimum absolute atomic E-state index is 0.0597. The van der Waals surface area contributed by atoms with E-state index in [9.17, 15) is 9.59 Å². The number of esters is 1. The Kier molecular flexibility index (Phi) is 8.94. The first-order valence-electron chi connectivity index (χ1n) is 9.87. The second-order valence-corrected chi connectivity index (χ2v) is 8.26. The van der Waals surface area contributed by atoms with Gasteiger partial charge in [-0.2, -0.15) is 0 Å². The fourth-order valence-electron chi connectivity index (χ4n) is 2.64. The SMILES string of the molecule is COc1ccc(Cl)c(/C=C\[C@@H](CC(=O)OC(C)(C)C)NC(=O)OCc2ccccc2)c1. The third-order valence-corrected chi connectivity index (χ3v) is 4.38. The van der Waals surface area contributed by atoms with Crippen molar-refractivity contribution < 1.29 is 23.8 Å². The zero-order valence-electron chi connectivity index (χ0n) is 18.2. The molecule has 2 aromatic carbocycles. The van der Waals surface area contributed by atoms with E-state index in [1.54, 1.807) is 58.2 Å². The molecule has 0 aliphatic rings. The highest BCUT2D eigenvalue weighted by molar-refractivity contribution is 6.32. The second kappa shape index (κ2) is 11.4. The van der Waals surface area contributed by atoms with E-state index in [-0.39, 0.29) is 13.0 Å². The van der Waals surface area contributed by atoms with Gasteiger partial charge in [-0.15, -0.1) is 0 Å². The van der Waals surface area contributed by atoms with Crippen LogP contribution in [0.1, 0.15) is 38.3 Å². The third-order valence-electron chi connectivity index (χ3n) is 4.03. The molecule has 7 heteroatoms. The molecule has 0 unspecified atom stereocenters. The summed E-state index contributed by atoms with van der Waals surface area (Å²) in [6, 6.07) is 13.9. The van der Waals surface area contributed by atoms with Crippen LogP contribution in [0.2, 0.25) is 5.02 Å². The first kappa shape index (κ1) is 24.3. The number of hydrogen-bond donors (Lipinski definition) is 1. The molecule has 0 aromatic heterocycles. The molecule has 2 aromatic rings. The Morgan fingerprint density at radius 2 is 1.84 bits per heavy atom. The molecule has 0 saturated heterocycles. The summed E-state index contributed by atoms with van der Waals surface area (Å²) in [6.45, 7) is 5.48. The van der Waals surface area contributed by atoms with Gasteiger partial charge in [-0.25, -0.2) is 4.79 Å². The number of carbonyl (C=O) groups excluding carboxylic acids is 2. The number of amides is 1. The number of ether oxygens (including phenoxy) is 3. The van der Waals surface area contributed by atoms with Gasteiger partial charge in [0.05, 0.1) is 19.6 Å². The Morgan fingerprint density at radius 3 is 2.48 bits per heavy atom. The summed E-state index contributed by atoms with van der Waals surface area (Å²) in [5.74, 6) is 0.199. The van der Waals surface area contributed by atoms with Crippen molar-refractivity contribution in [2.75, 3.05) is 7.11 Å². The number of alkyl carbamates (subject to hydrolysis) is 1. The molecule has 0 fully saturated rings. The van der Waals surface area contributed by atoms with Crippen LogP contribution in [0.4, 0.5) is 4.79 Å². The van der Waals surface area contributed by atoms with E-state index in [0.717, 1.165) is 5.56 Å². The summed E-state index contributed by atoms with van der Waals surface area (Å²) in [7, 11) is 1.56. The Bertz CT molecular complexity index is 906. The quantitative estimate of drug-likeness (QED) is 0.551. The summed E-state index contributed by atoms with van der Waals surface area (Å²) in [5.41, 5.74) is 0.921. The Hall–Kier alpha value is -2.99. The molecule has 1 amide bonds. The van der Waals surface area contributed by atoms with Crippen LogP contribution in [0.25, 0.3) is 6.08 Å². The van der Waals surface area contributed by atoms with Crippen LogP contribution in [0.3, 0.4) is 0 Å². The van der Waals surface area contributed by atoms with Crippen LogP contribution >= 0.6 is 11.6 Å². The second-order valence-electron chi connectivity index (χ2n) is 7.85. The van der Waals surface area contributed by atoms with Gasteiger partial charge in [-0.05, 0) is 50.1 Å². The molecule has 31 heavy (non-hydrogen) atoms. The van der Waals surface area contributed by atoms with E-state index in [4.69, 9.17) is 25.8 Å². The average molecular weight is 446 g/mol. The molecule has 0 radical (unpaired) electrons. The van der Waals surface area contributed by atoms with Gasteiger partial charge in [0.1, 0.15) is 18.0 Å². The molecule has 2 rings (SSSR count). The van der Waals surface area contributed by atoms with Crippen molar-refractivity contribution in [3.63, 3.8) is 0 Å². The van der Waals surface area contributed by atoms with Crippen molar-refractivity contribution in [1.82, 2.24) is 5.32 Å². The monoisotopic (exact) mass is 445 g/mol. The average Bonchev–Trinajstić information content (AvgIpc) is 2.71. The normalized spacial score (nSPS) is 12.3. The highest BCUT2D eigenvalue weighted by Crippen LogP contribution is 2.23. The predicted octanol–water partition coefficient (Wildman–Crippen LogP) is 5.39. The van der Waals surface area contributed by atoms with E-state index in [1.807, 2.05) is 30.3 Å². The van der Waals surface area contributed by atoms with E-state index >= 15 is 0 Å². The molecule has 166 valence electrons. The fourth-order valence-corrected chi connectivity index (χ4v) is 2.82. The molecule has 1 atom stereocenters. The lowest BCUT2D eigenvalue weighted by atomic mass is 10.1. The van der Waals surface area contributed by atoms with E-state index in [1.165, 1.54) is 0 Å². The summed E-state index contributed by atoms with van der Waals surface area (Å²) < 4.78 is 15.9. The van der Waals surface area contributed by atoms with E-state index in [2.05, 4.69) is 5.32 Å². The maximum Gasteiger partial charge on any atom is 0.407 e. The first-order chi connectivity index (χ1) is 14.7. The van der Waals surface area contributed by atoms with Crippen molar-refractivity contribution in [2.45, 2.75) is 45.4 Å². The lowest BCUT2D eigenvalue weighted by molar-refractivity contribution is -0.155. The maximum absolute atomic E-state index is 12.3. The number of rotatable bonds is 8. The van der Waals surface area contributed by atoms with Gasteiger partial charge in [0, 0.05) is 5.02 Å². The smallest absolute Gasteiger partial charge is 0.407 e. The lowest BCUT2D eigenvalue weighted by Gasteiger charge is -2.21. The van der Waals surface area contributed by atoms with Crippen LogP contribution in [0.5, 0.6) is 5.75 Å². The highest BCUT2D eigenvalue weighted by Gasteiger charge is 2.21. The molecule has 0 saturated carbocycles. The van der Waals surface area contributed by atoms with Crippen LogP contribution in [0.15, 0.2) is 54.6 Å². The van der Waals surface area contributed by atoms with Crippen LogP contribution in [-0.4, -0.2) is 30.8 Å². The number of hydrogen-bond acceptors (Lipinski definition) is 5. The molecule has 0 heterocycles. The third kappa shape index (κ3) is 9.13. The zero-order valence-corrected chi connectivity index (χ0v) is 18.9. The molecular weight excluding hydrogens is 418 g/mol. The van der Waals surface area contributed by atoms with Crippen molar-refractivity contribution in [1.29, 1.82) is 0 Å². The molecule has 0 aliphatic carbocycles. The maximum atomic E-state index is 12.3. The van der Waals surface area contributed by atoms with E-state index < -0.39 is 23.7 Å². The van der Waals surface area contributed by atoms with Crippen molar-refractivity contribution >= 4 is 29.7 Å². The predicted molar refractivity (Wildman–Crippen MR) is 121 cm³/mol. The van der Waals surface area contributed by atoms with Crippen LogP contribution in [-0.2, 0) is 20.9 Å². The zero-order chi connectivity index (χ0) is 22.9. The first-order valence-corrected chi connectivity index (χ1v) is 10.2. The van der Waals surface area contributed by atoms with Gasteiger partial charge in [0.25, 0.3) is 0 Å². The topological polar surface area (TPSA) is 73.9 Å². The summed E-state index contributed by atoms with van der Waals surface area (Å²) >= 11 is 6.24. The minimum Gasteiger partial charge on any atom is -0.497 e.